The molecule has 3 aromatic carbocycles. The van der Waals surface area contributed by atoms with E-state index in [0.29, 0.717) is 31.0 Å². The van der Waals surface area contributed by atoms with Crippen LogP contribution in [-0.2, 0) is 17.3 Å². The lowest BCUT2D eigenvalue weighted by Gasteiger charge is -2.38. The number of aryl methyl sites for hydroxylation is 1. The topological polar surface area (TPSA) is 101 Å². The number of ether oxygens (including phenoxy) is 1. The lowest BCUT2D eigenvalue weighted by molar-refractivity contribution is 0.0959. The van der Waals surface area contributed by atoms with E-state index in [-0.39, 0.29) is 12.1 Å². The summed E-state index contributed by atoms with van der Waals surface area (Å²) in [5.41, 5.74) is 2.47. The summed E-state index contributed by atoms with van der Waals surface area (Å²) in [5.74, 6) is 0.650. The summed E-state index contributed by atoms with van der Waals surface area (Å²) in [6, 6.07) is 30.5. The minimum absolute atomic E-state index is 0.280. The summed E-state index contributed by atoms with van der Waals surface area (Å²) in [6.45, 7) is 6.47. The van der Waals surface area contributed by atoms with E-state index in [9.17, 15) is 9.59 Å². The first-order valence-corrected chi connectivity index (χ1v) is 14.2. The summed E-state index contributed by atoms with van der Waals surface area (Å²) in [4.78, 5) is 27.3. The SMILES string of the molecule is Cn1ncc(NC(=O)N2CC[C@H](OC(=O)NC(C)(C)C)C2)c1NC(c1ccccc1)(c1ccccc1)c1ccccc1. The van der Waals surface area contributed by atoms with Gasteiger partial charge in [0, 0.05) is 25.6 Å². The van der Waals surface area contributed by atoms with E-state index >= 15 is 0 Å². The molecule has 42 heavy (non-hydrogen) atoms. The number of nitrogens with one attached hydrogen (secondary N) is 3. The molecular weight excluding hydrogens is 528 g/mol. The van der Waals surface area contributed by atoms with Crippen LogP contribution in [0.4, 0.5) is 21.1 Å². The van der Waals surface area contributed by atoms with Gasteiger partial charge in [0.05, 0.1) is 12.7 Å². The summed E-state index contributed by atoms with van der Waals surface area (Å²) in [6.07, 6.45) is 1.37. The Morgan fingerprint density at radius 3 is 1.88 bits per heavy atom. The van der Waals surface area contributed by atoms with Gasteiger partial charge >= 0.3 is 12.1 Å². The number of aromatic nitrogens is 2. The number of nitrogens with zero attached hydrogens (tertiary/aromatic N) is 3. The van der Waals surface area contributed by atoms with Gasteiger partial charge in [-0.2, -0.15) is 5.10 Å². The molecule has 9 heteroatoms. The number of hydrogen-bond donors (Lipinski definition) is 3. The molecule has 3 amide bonds. The van der Waals surface area contributed by atoms with E-state index in [1.807, 2.05) is 82.4 Å². The first kappa shape index (κ1) is 28.7. The first-order valence-electron chi connectivity index (χ1n) is 14.2. The van der Waals surface area contributed by atoms with E-state index < -0.39 is 17.2 Å². The van der Waals surface area contributed by atoms with Gasteiger partial charge in [-0.1, -0.05) is 91.0 Å². The van der Waals surface area contributed by atoms with Crippen LogP contribution in [0.5, 0.6) is 0 Å². The van der Waals surface area contributed by atoms with Crippen molar-refractivity contribution in [3.8, 4) is 0 Å². The van der Waals surface area contributed by atoms with Crippen molar-refractivity contribution in [2.75, 3.05) is 23.7 Å². The smallest absolute Gasteiger partial charge is 0.407 e. The lowest BCUT2D eigenvalue weighted by atomic mass is 9.77. The molecule has 1 saturated heterocycles. The molecule has 0 aliphatic carbocycles. The van der Waals surface area contributed by atoms with Crippen molar-refractivity contribution in [2.45, 2.75) is 44.4 Å². The number of anilines is 2. The Hall–Kier alpha value is -4.79. The lowest BCUT2D eigenvalue weighted by Crippen LogP contribution is -2.43. The van der Waals surface area contributed by atoms with Gasteiger partial charge in [-0.3, -0.25) is 4.68 Å². The third-order valence-electron chi connectivity index (χ3n) is 7.29. The Balaban J connectivity index is 1.43. The second kappa shape index (κ2) is 12.0. The van der Waals surface area contributed by atoms with E-state index in [4.69, 9.17) is 4.74 Å². The third kappa shape index (κ3) is 6.25. The highest BCUT2D eigenvalue weighted by atomic mass is 16.6. The van der Waals surface area contributed by atoms with Crippen LogP contribution < -0.4 is 16.0 Å². The van der Waals surface area contributed by atoms with Crippen LogP contribution in [0.2, 0.25) is 0 Å². The van der Waals surface area contributed by atoms with Gasteiger partial charge in [-0.15, -0.1) is 0 Å². The average molecular weight is 567 g/mol. The van der Waals surface area contributed by atoms with Crippen molar-refractivity contribution in [3.63, 3.8) is 0 Å². The van der Waals surface area contributed by atoms with Gasteiger partial charge in [0.15, 0.2) is 0 Å². The number of likely N-dealkylation sites (tertiary alicyclic amines) is 1. The average Bonchev–Trinajstić information content (AvgIpc) is 3.58. The predicted molar refractivity (Wildman–Crippen MR) is 164 cm³/mol. The van der Waals surface area contributed by atoms with Crippen molar-refractivity contribution in [3.05, 3.63) is 114 Å². The molecule has 0 radical (unpaired) electrons. The number of amides is 3. The largest absolute Gasteiger partial charge is 0.444 e. The summed E-state index contributed by atoms with van der Waals surface area (Å²) in [7, 11) is 1.84. The highest BCUT2D eigenvalue weighted by Crippen LogP contribution is 2.41. The molecule has 0 bridgehead atoms. The molecule has 5 rings (SSSR count). The second-order valence-electron chi connectivity index (χ2n) is 11.6. The zero-order chi connectivity index (χ0) is 29.7. The number of carbonyl (C=O) groups is 2. The zero-order valence-electron chi connectivity index (χ0n) is 24.5. The molecule has 0 unspecified atom stereocenters. The molecule has 1 atom stereocenters. The highest BCUT2D eigenvalue weighted by molar-refractivity contribution is 5.93. The van der Waals surface area contributed by atoms with E-state index in [2.05, 4.69) is 57.4 Å². The third-order valence-corrected chi connectivity index (χ3v) is 7.29. The monoisotopic (exact) mass is 566 g/mol. The number of carbonyl (C=O) groups excluding carboxylic acids is 2. The summed E-state index contributed by atoms with van der Waals surface area (Å²) < 4.78 is 7.29. The van der Waals surface area contributed by atoms with Gasteiger partial charge in [-0.25, -0.2) is 9.59 Å². The van der Waals surface area contributed by atoms with Crippen LogP contribution in [0, 0.1) is 0 Å². The standard InChI is InChI=1S/C33H38N6O3/c1-32(2,3)37-31(41)42-27-20-21-39(23-27)30(40)35-28-22-34-38(4)29(28)36-33(24-14-8-5-9-15-24,25-16-10-6-11-17-25)26-18-12-7-13-19-26/h5-19,22,27,36H,20-21,23H2,1-4H3,(H,35,40)(H,37,41)/t27-/m0/s1. The zero-order valence-corrected chi connectivity index (χ0v) is 24.5. The maximum Gasteiger partial charge on any atom is 0.407 e. The van der Waals surface area contributed by atoms with E-state index in [1.165, 1.54) is 0 Å². The van der Waals surface area contributed by atoms with Crippen molar-refractivity contribution >= 4 is 23.6 Å². The minimum atomic E-state index is -0.788. The van der Waals surface area contributed by atoms with Crippen molar-refractivity contribution in [1.29, 1.82) is 0 Å². The molecule has 2 heterocycles. The fourth-order valence-corrected chi connectivity index (χ4v) is 5.33. The molecule has 1 aromatic heterocycles. The van der Waals surface area contributed by atoms with Crippen LogP contribution in [0.15, 0.2) is 97.2 Å². The second-order valence-corrected chi connectivity index (χ2v) is 11.6. The Kier molecular flexibility index (Phi) is 8.20. The summed E-state index contributed by atoms with van der Waals surface area (Å²) in [5, 5.41) is 14.1. The minimum Gasteiger partial charge on any atom is -0.444 e. The fraction of sp³-hybridized carbons (Fsp3) is 0.303. The van der Waals surface area contributed by atoms with Gasteiger partial charge < -0.3 is 25.6 Å². The number of alkyl carbamates (subject to hydrolysis) is 1. The molecule has 4 aromatic rings. The molecule has 3 N–H and O–H groups in total. The van der Waals surface area contributed by atoms with Gasteiger partial charge in [-0.05, 0) is 37.5 Å². The molecule has 1 aliphatic heterocycles. The Bertz CT molecular complexity index is 1400. The van der Waals surface area contributed by atoms with Crippen LogP contribution >= 0.6 is 0 Å². The normalized spacial score (nSPS) is 15.2. The van der Waals surface area contributed by atoms with Crippen molar-refractivity contribution < 1.29 is 14.3 Å². The van der Waals surface area contributed by atoms with Crippen molar-refractivity contribution in [1.82, 2.24) is 20.0 Å². The quantitative estimate of drug-likeness (QED) is 0.240. The fourth-order valence-electron chi connectivity index (χ4n) is 5.33. The van der Waals surface area contributed by atoms with Crippen LogP contribution in [0.3, 0.4) is 0 Å². The molecule has 1 aliphatic rings. The molecule has 0 saturated carbocycles. The first-order chi connectivity index (χ1) is 20.2. The molecule has 1 fully saturated rings. The van der Waals surface area contributed by atoms with E-state index in [0.717, 1.165) is 16.7 Å². The molecule has 218 valence electrons. The van der Waals surface area contributed by atoms with Crippen LogP contribution in [0.25, 0.3) is 0 Å². The van der Waals surface area contributed by atoms with Crippen LogP contribution in [0.1, 0.15) is 43.9 Å². The molecule has 9 nitrogen and oxygen atoms in total. The Morgan fingerprint density at radius 1 is 0.857 bits per heavy atom. The maximum atomic E-state index is 13.4. The number of urea groups is 1. The number of benzene rings is 3. The van der Waals surface area contributed by atoms with Crippen LogP contribution in [-0.4, -0.2) is 51.5 Å². The number of hydrogen-bond acceptors (Lipinski definition) is 5. The Labute approximate surface area is 246 Å². The predicted octanol–water partition coefficient (Wildman–Crippen LogP) is 5.96. The highest BCUT2D eigenvalue weighted by Gasteiger charge is 2.38. The van der Waals surface area contributed by atoms with Crippen molar-refractivity contribution in [2.24, 2.45) is 7.05 Å². The number of rotatable bonds is 7. The van der Waals surface area contributed by atoms with Gasteiger partial charge in [0.1, 0.15) is 23.1 Å². The van der Waals surface area contributed by atoms with Gasteiger partial charge in [0.2, 0.25) is 0 Å². The molecular formula is C33H38N6O3. The van der Waals surface area contributed by atoms with Gasteiger partial charge in [0.25, 0.3) is 0 Å². The molecule has 0 spiro atoms. The summed E-state index contributed by atoms with van der Waals surface area (Å²) >= 11 is 0. The Morgan fingerprint density at radius 2 is 1.38 bits per heavy atom. The maximum absolute atomic E-state index is 13.4. The van der Waals surface area contributed by atoms with E-state index in [1.54, 1.807) is 15.8 Å².